The molecule has 0 aromatic rings. The maximum absolute atomic E-state index is 11.8. The van der Waals surface area contributed by atoms with Crippen LogP contribution in [0.25, 0.3) is 0 Å². The second-order valence-electron chi connectivity index (χ2n) is 5.90. The van der Waals surface area contributed by atoms with Crippen LogP contribution in [0, 0.1) is 5.92 Å². The van der Waals surface area contributed by atoms with Crippen LogP contribution in [0.15, 0.2) is 0 Å². The van der Waals surface area contributed by atoms with E-state index in [4.69, 9.17) is 0 Å². The van der Waals surface area contributed by atoms with Gasteiger partial charge in [-0.2, -0.15) is 0 Å². The molecule has 0 spiro atoms. The molecule has 1 rings (SSSR count). The molecule has 0 bridgehead atoms. The van der Waals surface area contributed by atoms with Gasteiger partial charge >= 0.3 is 0 Å². The molecule has 1 heterocycles. The minimum Gasteiger partial charge on any atom is -0.316 e. The Bertz CT molecular complexity index is 333. The second kappa shape index (κ2) is 8.22. The van der Waals surface area contributed by atoms with E-state index in [0.29, 0.717) is 12.3 Å². The molecule has 0 unspecified atom stereocenters. The fraction of sp³-hybridized carbons (Fsp3) is 1.00. The standard InChI is InChI=1S/C14H30N2O2S/c1-4-7-15-12-14-5-8-16(9-6-14)10-11-19(17,18)13(2)3/h13-15H,4-12H2,1-3H3. The molecule has 1 fully saturated rings. The van der Waals surface area contributed by atoms with Crippen molar-refractivity contribution >= 4 is 9.84 Å². The number of sulfone groups is 1. The van der Waals surface area contributed by atoms with Gasteiger partial charge in [0.05, 0.1) is 11.0 Å². The Balaban J connectivity index is 2.20. The quantitative estimate of drug-likeness (QED) is 0.689. The van der Waals surface area contributed by atoms with E-state index in [-0.39, 0.29) is 5.25 Å². The zero-order chi connectivity index (χ0) is 14.3. The Hall–Kier alpha value is -0.130. The fourth-order valence-corrected chi connectivity index (χ4v) is 3.37. The monoisotopic (exact) mass is 290 g/mol. The van der Waals surface area contributed by atoms with Crippen LogP contribution >= 0.6 is 0 Å². The van der Waals surface area contributed by atoms with E-state index in [0.717, 1.165) is 32.1 Å². The molecule has 0 aromatic heterocycles. The molecule has 0 radical (unpaired) electrons. The first-order valence-electron chi connectivity index (χ1n) is 7.60. The lowest BCUT2D eigenvalue weighted by molar-refractivity contribution is 0.191. The summed E-state index contributed by atoms with van der Waals surface area (Å²) in [5.41, 5.74) is 0. The molecule has 1 saturated heterocycles. The topological polar surface area (TPSA) is 49.4 Å². The molecule has 0 aromatic carbocycles. The van der Waals surface area contributed by atoms with E-state index in [1.165, 1.54) is 19.3 Å². The summed E-state index contributed by atoms with van der Waals surface area (Å²) in [6, 6.07) is 0. The first-order valence-corrected chi connectivity index (χ1v) is 9.32. The van der Waals surface area contributed by atoms with Gasteiger partial charge in [0, 0.05) is 6.54 Å². The summed E-state index contributed by atoms with van der Waals surface area (Å²) in [6.07, 6.45) is 3.57. The summed E-state index contributed by atoms with van der Waals surface area (Å²) in [6.45, 7) is 10.7. The number of hydrogen-bond donors (Lipinski definition) is 1. The van der Waals surface area contributed by atoms with Gasteiger partial charge in [-0.3, -0.25) is 0 Å². The summed E-state index contributed by atoms with van der Waals surface area (Å²) in [4.78, 5) is 2.30. The van der Waals surface area contributed by atoms with Crippen LogP contribution in [-0.2, 0) is 9.84 Å². The van der Waals surface area contributed by atoms with Crippen LogP contribution < -0.4 is 5.32 Å². The minimum atomic E-state index is -2.88. The molecule has 19 heavy (non-hydrogen) atoms. The summed E-state index contributed by atoms with van der Waals surface area (Å²) in [7, 11) is -2.88. The summed E-state index contributed by atoms with van der Waals surface area (Å²) in [5.74, 6) is 1.08. The second-order valence-corrected chi connectivity index (χ2v) is 8.58. The lowest BCUT2D eigenvalue weighted by atomic mass is 9.97. The molecule has 4 nitrogen and oxygen atoms in total. The van der Waals surface area contributed by atoms with Crippen LogP contribution in [0.4, 0.5) is 0 Å². The highest BCUT2D eigenvalue weighted by molar-refractivity contribution is 7.92. The average molecular weight is 290 g/mol. The van der Waals surface area contributed by atoms with E-state index in [9.17, 15) is 8.42 Å². The van der Waals surface area contributed by atoms with Crippen LogP contribution in [0.2, 0.25) is 0 Å². The van der Waals surface area contributed by atoms with Crippen LogP contribution in [0.3, 0.4) is 0 Å². The Kier molecular flexibility index (Phi) is 7.32. The molecule has 0 atom stereocenters. The van der Waals surface area contributed by atoms with Crippen molar-refractivity contribution in [2.24, 2.45) is 5.92 Å². The normalized spacial score (nSPS) is 19.2. The van der Waals surface area contributed by atoms with Crippen molar-refractivity contribution in [1.82, 2.24) is 10.2 Å². The predicted octanol–water partition coefficient (Wildman–Crippen LogP) is 1.52. The number of nitrogens with one attached hydrogen (secondary N) is 1. The van der Waals surface area contributed by atoms with Crippen LogP contribution in [-0.4, -0.2) is 57.0 Å². The highest BCUT2D eigenvalue weighted by Gasteiger charge is 2.22. The van der Waals surface area contributed by atoms with Gasteiger partial charge in [-0.25, -0.2) is 8.42 Å². The maximum atomic E-state index is 11.8. The number of hydrogen-bond acceptors (Lipinski definition) is 4. The minimum absolute atomic E-state index is 0.247. The number of nitrogens with zero attached hydrogens (tertiary/aromatic N) is 1. The molecule has 0 aliphatic carbocycles. The summed E-state index contributed by atoms with van der Waals surface area (Å²) >= 11 is 0. The molecule has 1 aliphatic heterocycles. The lowest BCUT2D eigenvalue weighted by Crippen LogP contribution is -2.40. The third-order valence-electron chi connectivity index (χ3n) is 3.98. The molecule has 5 heteroatoms. The van der Waals surface area contributed by atoms with E-state index in [1.807, 2.05) is 0 Å². The van der Waals surface area contributed by atoms with E-state index in [1.54, 1.807) is 13.8 Å². The van der Waals surface area contributed by atoms with E-state index in [2.05, 4.69) is 17.1 Å². The average Bonchev–Trinajstić information content (AvgIpc) is 2.38. The maximum Gasteiger partial charge on any atom is 0.153 e. The molecule has 0 saturated carbocycles. The van der Waals surface area contributed by atoms with Gasteiger partial charge in [-0.05, 0) is 65.2 Å². The summed E-state index contributed by atoms with van der Waals surface area (Å²) in [5, 5.41) is 3.23. The van der Waals surface area contributed by atoms with Gasteiger partial charge in [-0.15, -0.1) is 0 Å². The third-order valence-corrected chi connectivity index (χ3v) is 6.17. The third kappa shape index (κ3) is 6.23. The highest BCUT2D eigenvalue weighted by Crippen LogP contribution is 2.16. The van der Waals surface area contributed by atoms with Crippen molar-refractivity contribution in [2.45, 2.75) is 45.3 Å². The van der Waals surface area contributed by atoms with Crippen molar-refractivity contribution < 1.29 is 8.42 Å². The van der Waals surface area contributed by atoms with Gasteiger partial charge in [0.15, 0.2) is 9.84 Å². The number of likely N-dealkylation sites (tertiary alicyclic amines) is 1. The molecular weight excluding hydrogens is 260 g/mol. The molecule has 1 N–H and O–H groups in total. The van der Waals surface area contributed by atoms with E-state index >= 15 is 0 Å². The van der Waals surface area contributed by atoms with Crippen molar-refractivity contribution in [3.8, 4) is 0 Å². The zero-order valence-corrected chi connectivity index (χ0v) is 13.5. The molecular formula is C14H30N2O2S. The van der Waals surface area contributed by atoms with Crippen LogP contribution in [0.5, 0.6) is 0 Å². The SMILES string of the molecule is CCCNCC1CCN(CCS(=O)(=O)C(C)C)CC1. The summed E-state index contributed by atoms with van der Waals surface area (Å²) < 4.78 is 23.6. The Morgan fingerprint density at radius 3 is 2.42 bits per heavy atom. The first-order chi connectivity index (χ1) is 8.95. The van der Waals surface area contributed by atoms with Crippen molar-refractivity contribution in [3.05, 3.63) is 0 Å². The predicted molar refractivity (Wildman–Crippen MR) is 81.2 cm³/mol. The Labute approximate surface area is 118 Å². The molecule has 114 valence electrons. The number of piperidine rings is 1. The smallest absolute Gasteiger partial charge is 0.153 e. The Morgan fingerprint density at radius 1 is 1.26 bits per heavy atom. The van der Waals surface area contributed by atoms with Gasteiger partial charge < -0.3 is 10.2 Å². The lowest BCUT2D eigenvalue weighted by Gasteiger charge is -2.32. The number of rotatable bonds is 8. The largest absolute Gasteiger partial charge is 0.316 e. The van der Waals surface area contributed by atoms with Crippen molar-refractivity contribution in [2.75, 3.05) is 38.5 Å². The van der Waals surface area contributed by atoms with Gasteiger partial charge in [0.1, 0.15) is 0 Å². The van der Waals surface area contributed by atoms with Crippen molar-refractivity contribution in [1.29, 1.82) is 0 Å². The van der Waals surface area contributed by atoms with Crippen LogP contribution in [0.1, 0.15) is 40.0 Å². The molecule has 1 aliphatic rings. The van der Waals surface area contributed by atoms with Gasteiger partial charge in [0.25, 0.3) is 0 Å². The first kappa shape index (κ1) is 16.9. The molecule has 0 amide bonds. The highest BCUT2D eigenvalue weighted by atomic mass is 32.2. The van der Waals surface area contributed by atoms with Gasteiger partial charge in [0.2, 0.25) is 0 Å². The Morgan fingerprint density at radius 2 is 1.89 bits per heavy atom. The zero-order valence-electron chi connectivity index (χ0n) is 12.7. The van der Waals surface area contributed by atoms with Crippen molar-refractivity contribution in [3.63, 3.8) is 0 Å². The fourth-order valence-electron chi connectivity index (χ4n) is 2.39. The van der Waals surface area contributed by atoms with E-state index < -0.39 is 9.84 Å². The van der Waals surface area contributed by atoms with Gasteiger partial charge in [-0.1, -0.05) is 6.92 Å².